The molecule has 104 valence electrons. The highest BCUT2D eigenvalue weighted by Crippen LogP contribution is 2.39. The zero-order chi connectivity index (χ0) is 14.1. The number of carbonyl (C=O) groups is 1. The maximum Gasteiger partial charge on any atom is 0.241 e. The maximum atomic E-state index is 12.3. The Balaban J connectivity index is 2.14. The summed E-state index contributed by atoms with van der Waals surface area (Å²) >= 11 is 0. The third-order valence-corrected chi connectivity index (χ3v) is 5.83. The first-order chi connectivity index (χ1) is 8.87. The van der Waals surface area contributed by atoms with Crippen LogP contribution in [0.15, 0.2) is 24.5 Å². The van der Waals surface area contributed by atoms with Crippen molar-refractivity contribution in [1.82, 2.24) is 10.3 Å². The predicted molar refractivity (Wildman–Crippen MR) is 72.2 cm³/mol. The van der Waals surface area contributed by atoms with E-state index in [1.165, 1.54) is 0 Å². The van der Waals surface area contributed by atoms with Gasteiger partial charge in [-0.3, -0.25) is 9.78 Å². The van der Waals surface area contributed by atoms with Crippen LogP contribution in [0.25, 0.3) is 0 Å². The number of pyridine rings is 1. The molecule has 1 aromatic rings. The van der Waals surface area contributed by atoms with Gasteiger partial charge in [0.2, 0.25) is 5.91 Å². The number of hydrogen-bond donors (Lipinski definition) is 1. The minimum absolute atomic E-state index is 0.250. The van der Waals surface area contributed by atoms with Crippen LogP contribution in [-0.2, 0) is 14.6 Å². The summed E-state index contributed by atoms with van der Waals surface area (Å²) in [7, 11) is -3.38. The lowest BCUT2D eigenvalue weighted by molar-refractivity contribution is -0.126. The average molecular weight is 282 g/mol. The van der Waals surface area contributed by atoms with E-state index in [2.05, 4.69) is 10.3 Å². The summed E-state index contributed by atoms with van der Waals surface area (Å²) in [5.41, 5.74) is 0.860. The first-order valence-corrected chi connectivity index (χ1v) is 8.16. The molecule has 1 heterocycles. The quantitative estimate of drug-likeness (QED) is 0.901. The van der Waals surface area contributed by atoms with Crippen LogP contribution in [0, 0.1) is 0 Å². The molecule has 0 saturated heterocycles. The van der Waals surface area contributed by atoms with Gasteiger partial charge in [-0.15, -0.1) is 0 Å². The van der Waals surface area contributed by atoms with Crippen LogP contribution >= 0.6 is 0 Å². The summed E-state index contributed by atoms with van der Waals surface area (Å²) < 4.78 is 22.4. The van der Waals surface area contributed by atoms with Gasteiger partial charge in [-0.1, -0.05) is 6.07 Å². The highest BCUT2D eigenvalue weighted by molar-refractivity contribution is 7.93. The minimum Gasteiger partial charge on any atom is -0.348 e. The molecule has 2 rings (SSSR count). The number of aromatic nitrogens is 1. The van der Waals surface area contributed by atoms with Gasteiger partial charge in [-0.2, -0.15) is 0 Å². The van der Waals surface area contributed by atoms with Crippen LogP contribution in [0.3, 0.4) is 0 Å². The lowest BCUT2D eigenvalue weighted by Crippen LogP contribution is -2.56. The molecular formula is C13H18N2O3S. The zero-order valence-corrected chi connectivity index (χ0v) is 11.9. The lowest BCUT2D eigenvalue weighted by atomic mass is 9.83. The Morgan fingerprint density at radius 2 is 2.16 bits per heavy atom. The van der Waals surface area contributed by atoms with Crippen LogP contribution < -0.4 is 5.32 Å². The van der Waals surface area contributed by atoms with Crippen molar-refractivity contribution >= 4 is 15.7 Å². The van der Waals surface area contributed by atoms with Gasteiger partial charge < -0.3 is 5.32 Å². The van der Waals surface area contributed by atoms with Crippen molar-refractivity contribution in [2.24, 2.45) is 0 Å². The molecule has 1 saturated carbocycles. The van der Waals surface area contributed by atoms with E-state index in [9.17, 15) is 13.2 Å². The average Bonchev–Trinajstić information content (AvgIpc) is 2.26. The molecule has 0 aromatic carbocycles. The van der Waals surface area contributed by atoms with E-state index < -0.39 is 20.5 Å². The standard InChI is InChI=1S/C13H18N2O3S/c1-10(11-5-3-8-14-9-11)15-12(16)13(6-4-7-13)19(2,17)18/h3,5,8-10H,4,6-7H2,1-2H3,(H,15,16). The Hall–Kier alpha value is -1.43. The van der Waals surface area contributed by atoms with Gasteiger partial charge >= 0.3 is 0 Å². The van der Waals surface area contributed by atoms with Crippen molar-refractivity contribution in [3.05, 3.63) is 30.1 Å². The lowest BCUT2D eigenvalue weighted by Gasteiger charge is -2.38. The van der Waals surface area contributed by atoms with Gasteiger partial charge in [0, 0.05) is 18.6 Å². The Morgan fingerprint density at radius 1 is 1.47 bits per heavy atom. The van der Waals surface area contributed by atoms with Gasteiger partial charge in [0.25, 0.3) is 0 Å². The van der Waals surface area contributed by atoms with Crippen molar-refractivity contribution in [2.45, 2.75) is 37.0 Å². The van der Waals surface area contributed by atoms with Gasteiger partial charge in [-0.05, 0) is 37.8 Å². The summed E-state index contributed by atoms with van der Waals surface area (Å²) in [4.78, 5) is 16.3. The first-order valence-electron chi connectivity index (χ1n) is 6.27. The summed E-state index contributed by atoms with van der Waals surface area (Å²) in [5.74, 6) is -0.391. The monoisotopic (exact) mass is 282 g/mol. The van der Waals surface area contributed by atoms with E-state index >= 15 is 0 Å². The number of carbonyl (C=O) groups excluding carboxylic acids is 1. The summed E-state index contributed by atoms with van der Waals surface area (Å²) in [6.45, 7) is 1.82. The second-order valence-corrected chi connectivity index (χ2v) is 7.43. The SMILES string of the molecule is CC(NC(=O)C1(S(C)(=O)=O)CCC1)c1cccnc1. The van der Waals surface area contributed by atoms with E-state index in [0.29, 0.717) is 12.8 Å². The molecule has 1 atom stereocenters. The normalized spacial score (nSPS) is 19.3. The largest absolute Gasteiger partial charge is 0.348 e. The van der Waals surface area contributed by atoms with Gasteiger partial charge in [0.15, 0.2) is 9.84 Å². The zero-order valence-electron chi connectivity index (χ0n) is 11.1. The highest BCUT2D eigenvalue weighted by atomic mass is 32.2. The van der Waals surface area contributed by atoms with E-state index in [-0.39, 0.29) is 6.04 Å². The molecule has 1 N–H and O–H groups in total. The molecule has 0 radical (unpaired) electrons. The summed E-state index contributed by atoms with van der Waals surface area (Å²) in [6, 6.07) is 3.39. The molecular weight excluding hydrogens is 264 g/mol. The molecule has 1 aliphatic rings. The highest BCUT2D eigenvalue weighted by Gasteiger charge is 2.53. The predicted octanol–water partition coefficient (Wildman–Crippen LogP) is 1.23. The topological polar surface area (TPSA) is 76.1 Å². The molecule has 19 heavy (non-hydrogen) atoms. The number of sulfone groups is 1. The fraction of sp³-hybridized carbons (Fsp3) is 0.538. The van der Waals surface area contributed by atoms with Crippen LogP contribution in [0.1, 0.15) is 37.8 Å². The van der Waals surface area contributed by atoms with Crippen molar-refractivity contribution < 1.29 is 13.2 Å². The van der Waals surface area contributed by atoms with E-state index in [1.54, 1.807) is 18.5 Å². The van der Waals surface area contributed by atoms with E-state index in [0.717, 1.165) is 18.2 Å². The van der Waals surface area contributed by atoms with Gasteiger partial charge in [0.1, 0.15) is 4.75 Å². The maximum absolute atomic E-state index is 12.3. The molecule has 6 heteroatoms. The third kappa shape index (κ3) is 2.49. The van der Waals surface area contributed by atoms with Crippen LogP contribution in [0.4, 0.5) is 0 Å². The fourth-order valence-corrected chi connectivity index (χ4v) is 3.73. The Morgan fingerprint density at radius 3 is 2.58 bits per heavy atom. The van der Waals surface area contributed by atoms with Crippen LogP contribution in [-0.4, -0.2) is 30.3 Å². The van der Waals surface area contributed by atoms with Crippen molar-refractivity contribution in [1.29, 1.82) is 0 Å². The van der Waals surface area contributed by atoms with Crippen molar-refractivity contribution in [3.8, 4) is 0 Å². The number of amides is 1. The third-order valence-electron chi connectivity index (χ3n) is 3.82. The van der Waals surface area contributed by atoms with Gasteiger partial charge in [-0.25, -0.2) is 8.42 Å². The molecule has 1 unspecified atom stereocenters. The van der Waals surface area contributed by atoms with Crippen LogP contribution in [0.2, 0.25) is 0 Å². The van der Waals surface area contributed by atoms with E-state index in [1.807, 2.05) is 13.0 Å². The second-order valence-electron chi connectivity index (χ2n) is 5.10. The first kappa shape index (κ1) is 14.0. The van der Waals surface area contributed by atoms with Gasteiger partial charge in [0.05, 0.1) is 6.04 Å². The molecule has 5 nitrogen and oxygen atoms in total. The second kappa shape index (κ2) is 4.92. The van der Waals surface area contributed by atoms with Crippen LogP contribution in [0.5, 0.6) is 0 Å². The summed E-state index contributed by atoms with van der Waals surface area (Å²) in [6.07, 6.45) is 6.07. The summed E-state index contributed by atoms with van der Waals surface area (Å²) in [5, 5.41) is 2.79. The molecule has 0 spiro atoms. The Kier molecular flexibility index (Phi) is 3.62. The fourth-order valence-electron chi connectivity index (χ4n) is 2.31. The number of nitrogens with one attached hydrogen (secondary N) is 1. The van der Waals surface area contributed by atoms with Crippen molar-refractivity contribution in [2.75, 3.05) is 6.26 Å². The smallest absolute Gasteiger partial charge is 0.241 e. The number of rotatable bonds is 4. The molecule has 1 fully saturated rings. The number of hydrogen-bond acceptors (Lipinski definition) is 4. The molecule has 1 aliphatic carbocycles. The molecule has 0 aliphatic heterocycles. The van der Waals surface area contributed by atoms with E-state index in [4.69, 9.17) is 0 Å². The Bertz CT molecular complexity index is 565. The molecule has 0 bridgehead atoms. The molecule has 1 aromatic heterocycles. The minimum atomic E-state index is -3.38. The Labute approximate surface area is 113 Å². The number of nitrogens with zero attached hydrogens (tertiary/aromatic N) is 1. The van der Waals surface area contributed by atoms with Crippen molar-refractivity contribution in [3.63, 3.8) is 0 Å². The molecule has 1 amide bonds.